The monoisotopic (exact) mass is 541 g/mol. The Morgan fingerprint density at radius 2 is 1.82 bits per heavy atom. The fraction of sp³-hybridized carbons (Fsp3) is 0.323. The summed E-state index contributed by atoms with van der Waals surface area (Å²) in [7, 11) is 3.26. The van der Waals surface area contributed by atoms with Crippen LogP contribution in [0.1, 0.15) is 48.0 Å². The van der Waals surface area contributed by atoms with Gasteiger partial charge in [0.15, 0.2) is 11.5 Å². The van der Waals surface area contributed by atoms with Gasteiger partial charge in [0.2, 0.25) is 5.91 Å². The first-order valence-corrected chi connectivity index (χ1v) is 13.6. The Labute approximate surface area is 234 Å². The van der Waals surface area contributed by atoms with Gasteiger partial charge in [0.05, 0.1) is 25.5 Å². The van der Waals surface area contributed by atoms with Crippen molar-refractivity contribution in [3.8, 4) is 11.5 Å². The van der Waals surface area contributed by atoms with Crippen molar-refractivity contribution in [3.63, 3.8) is 0 Å². The predicted octanol–water partition coefficient (Wildman–Crippen LogP) is 5.10. The number of anilines is 3. The minimum absolute atomic E-state index is 0.0266. The highest BCUT2D eigenvalue weighted by Crippen LogP contribution is 2.32. The number of hydrogen-bond acceptors (Lipinski definition) is 6. The molecule has 0 atom stereocenters. The number of nitrogens with one attached hydrogen (secondary N) is 1. The van der Waals surface area contributed by atoms with E-state index in [1.54, 1.807) is 32.1 Å². The van der Waals surface area contributed by atoms with Crippen molar-refractivity contribution in [2.45, 2.75) is 40.2 Å². The summed E-state index contributed by atoms with van der Waals surface area (Å²) in [6.07, 6.45) is 3.39. The molecule has 0 fully saturated rings. The number of carbonyl (C=O) groups excluding carboxylic acids is 2. The van der Waals surface area contributed by atoms with Crippen molar-refractivity contribution < 1.29 is 19.1 Å². The van der Waals surface area contributed by atoms with Crippen LogP contribution in [0.5, 0.6) is 11.5 Å². The molecule has 9 heteroatoms. The molecule has 2 aromatic heterocycles. The van der Waals surface area contributed by atoms with Crippen molar-refractivity contribution in [3.05, 3.63) is 77.1 Å². The van der Waals surface area contributed by atoms with E-state index in [2.05, 4.69) is 24.1 Å². The molecule has 1 aliphatic heterocycles. The first-order chi connectivity index (χ1) is 19.4. The first-order valence-electron chi connectivity index (χ1n) is 13.6. The van der Waals surface area contributed by atoms with Crippen LogP contribution >= 0.6 is 0 Å². The van der Waals surface area contributed by atoms with Gasteiger partial charge in [0, 0.05) is 44.1 Å². The molecule has 2 amide bonds. The van der Waals surface area contributed by atoms with E-state index in [0.717, 1.165) is 53.4 Å². The highest BCUT2D eigenvalue weighted by atomic mass is 16.5. The van der Waals surface area contributed by atoms with Crippen LogP contribution in [-0.2, 0) is 24.2 Å². The standard InChI is InChI=1S/C31H35N5O4/c1-6-25-31(34(7-2)18-21-8-12-27(39-4)28(16-21)40-5)36-19-23(9-13-29(36)33-25)30(38)32-24-10-11-26-22(17-24)14-15-35(26)20(3)37/h8-13,16-17,19H,6-7,14-15,18H2,1-5H3,(H,32,38). The number of benzene rings is 2. The van der Waals surface area contributed by atoms with Gasteiger partial charge in [0.1, 0.15) is 11.5 Å². The van der Waals surface area contributed by atoms with E-state index in [1.165, 1.54) is 0 Å². The van der Waals surface area contributed by atoms with E-state index >= 15 is 0 Å². The molecule has 0 spiro atoms. The number of pyridine rings is 1. The molecule has 0 saturated carbocycles. The van der Waals surface area contributed by atoms with Crippen molar-refractivity contribution in [1.82, 2.24) is 9.38 Å². The van der Waals surface area contributed by atoms with Crippen LogP contribution in [-0.4, -0.2) is 48.5 Å². The fourth-order valence-electron chi connectivity index (χ4n) is 5.33. The number of carbonyl (C=O) groups is 2. The molecular weight excluding hydrogens is 506 g/mol. The molecule has 0 aliphatic carbocycles. The molecule has 2 aromatic carbocycles. The lowest BCUT2D eigenvalue weighted by atomic mass is 10.1. The minimum Gasteiger partial charge on any atom is -0.493 e. The fourth-order valence-corrected chi connectivity index (χ4v) is 5.33. The second-order valence-electron chi connectivity index (χ2n) is 9.80. The van der Waals surface area contributed by atoms with Gasteiger partial charge in [-0.05, 0) is 73.4 Å². The number of aryl methyl sites for hydroxylation is 1. The van der Waals surface area contributed by atoms with E-state index in [1.807, 2.05) is 53.1 Å². The van der Waals surface area contributed by atoms with Gasteiger partial charge in [-0.2, -0.15) is 0 Å². The van der Waals surface area contributed by atoms with Crippen LogP contribution in [0.3, 0.4) is 0 Å². The molecule has 3 heterocycles. The summed E-state index contributed by atoms with van der Waals surface area (Å²) in [5.41, 5.74) is 6.03. The number of ether oxygens (including phenoxy) is 2. The van der Waals surface area contributed by atoms with Crippen molar-refractivity contribution >= 4 is 34.7 Å². The molecule has 1 N–H and O–H groups in total. The Morgan fingerprint density at radius 3 is 2.52 bits per heavy atom. The topological polar surface area (TPSA) is 88.4 Å². The lowest BCUT2D eigenvalue weighted by Crippen LogP contribution is -2.25. The van der Waals surface area contributed by atoms with Gasteiger partial charge in [-0.25, -0.2) is 4.98 Å². The van der Waals surface area contributed by atoms with E-state index in [9.17, 15) is 9.59 Å². The number of fused-ring (bicyclic) bond motifs is 2. The SMILES string of the molecule is CCc1nc2ccc(C(=O)Nc3ccc4c(c3)CCN4C(C)=O)cn2c1N(CC)Cc1ccc(OC)c(OC)c1. The summed E-state index contributed by atoms with van der Waals surface area (Å²) in [5, 5.41) is 3.03. The number of nitrogens with zero attached hydrogens (tertiary/aromatic N) is 4. The molecule has 0 bridgehead atoms. The van der Waals surface area contributed by atoms with Crippen LogP contribution in [0.25, 0.3) is 5.65 Å². The molecule has 0 unspecified atom stereocenters. The molecule has 5 rings (SSSR count). The lowest BCUT2D eigenvalue weighted by molar-refractivity contribution is -0.116. The smallest absolute Gasteiger partial charge is 0.257 e. The molecule has 40 heavy (non-hydrogen) atoms. The molecule has 1 aliphatic rings. The number of hydrogen-bond donors (Lipinski definition) is 1. The number of amides is 2. The zero-order chi connectivity index (χ0) is 28.4. The second-order valence-corrected chi connectivity index (χ2v) is 9.80. The van der Waals surface area contributed by atoms with Gasteiger partial charge in [0.25, 0.3) is 5.91 Å². The van der Waals surface area contributed by atoms with Crippen molar-refractivity contribution in [1.29, 1.82) is 0 Å². The summed E-state index contributed by atoms with van der Waals surface area (Å²) in [6.45, 7) is 7.82. The number of rotatable bonds is 9. The van der Waals surface area contributed by atoms with Gasteiger partial charge in [-0.1, -0.05) is 13.0 Å². The third-order valence-corrected chi connectivity index (χ3v) is 7.38. The summed E-state index contributed by atoms with van der Waals surface area (Å²) in [6, 6.07) is 15.3. The summed E-state index contributed by atoms with van der Waals surface area (Å²) in [5.74, 6) is 2.16. The quantitative estimate of drug-likeness (QED) is 0.317. The highest BCUT2D eigenvalue weighted by molar-refractivity contribution is 6.04. The van der Waals surface area contributed by atoms with E-state index in [-0.39, 0.29) is 11.8 Å². The van der Waals surface area contributed by atoms with Gasteiger partial charge < -0.3 is 24.6 Å². The normalized spacial score (nSPS) is 12.4. The third kappa shape index (κ3) is 5.06. The number of aromatic nitrogens is 2. The van der Waals surface area contributed by atoms with Crippen LogP contribution in [0.2, 0.25) is 0 Å². The first kappa shape index (κ1) is 27.1. The van der Waals surface area contributed by atoms with Crippen LogP contribution in [0.15, 0.2) is 54.7 Å². The summed E-state index contributed by atoms with van der Waals surface area (Å²) in [4.78, 5) is 34.1. The van der Waals surface area contributed by atoms with Crippen molar-refractivity contribution in [2.75, 3.05) is 42.4 Å². The Morgan fingerprint density at radius 1 is 1.02 bits per heavy atom. The zero-order valence-corrected chi connectivity index (χ0v) is 23.7. The third-order valence-electron chi connectivity index (χ3n) is 7.38. The average molecular weight is 542 g/mol. The van der Waals surface area contributed by atoms with Crippen LogP contribution in [0, 0.1) is 0 Å². The van der Waals surface area contributed by atoms with Gasteiger partial charge >= 0.3 is 0 Å². The predicted molar refractivity (Wildman–Crippen MR) is 157 cm³/mol. The lowest BCUT2D eigenvalue weighted by Gasteiger charge is -2.24. The molecule has 0 radical (unpaired) electrons. The Bertz CT molecular complexity index is 1580. The second kappa shape index (κ2) is 11.3. The zero-order valence-electron chi connectivity index (χ0n) is 23.7. The van der Waals surface area contributed by atoms with E-state index < -0.39 is 0 Å². The number of imidazole rings is 1. The molecular formula is C31H35N5O4. The van der Waals surface area contributed by atoms with E-state index in [4.69, 9.17) is 14.5 Å². The van der Waals surface area contributed by atoms with E-state index in [0.29, 0.717) is 35.8 Å². The molecule has 0 saturated heterocycles. The molecule has 4 aromatic rings. The van der Waals surface area contributed by atoms with Crippen LogP contribution in [0.4, 0.5) is 17.2 Å². The minimum atomic E-state index is -0.205. The highest BCUT2D eigenvalue weighted by Gasteiger charge is 2.23. The van der Waals surface area contributed by atoms with Crippen LogP contribution < -0.4 is 24.6 Å². The summed E-state index contributed by atoms with van der Waals surface area (Å²) < 4.78 is 12.9. The maximum absolute atomic E-state index is 13.3. The Balaban J connectivity index is 1.43. The maximum Gasteiger partial charge on any atom is 0.257 e. The largest absolute Gasteiger partial charge is 0.493 e. The summed E-state index contributed by atoms with van der Waals surface area (Å²) >= 11 is 0. The average Bonchev–Trinajstić information content (AvgIpc) is 3.56. The molecule has 9 nitrogen and oxygen atoms in total. The van der Waals surface area contributed by atoms with Gasteiger partial charge in [-0.15, -0.1) is 0 Å². The Hall–Kier alpha value is -4.53. The Kier molecular flexibility index (Phi) is 7.64. The molecule has 208 valence electrons. The van der Waals surface area contributed by atoms with Crippen molar-refractivity contribution in [2.24, 2.45) is 0 Å². The van der Waals surface area contributed by atoms with Gasteiger partial charge in [-0.3, -0.25) is 14.0 Å². The maximum atomic E-state index is 13.3. The number of methoxy groups -OCH3 is 2.